The molecule has 0 spiro atoms. The molecule has 0 amide bonds. The summed E-state index contributed by atoms with van der Waals surface area (Å²) in [4.78, 5) is 10.5. The summed E-state index contributed by atoms with van der Waals surface area (Å²) in [6, 6.07) is 65.5. The molecule has 0 fully saturated rings. The number of para-hydroxylation sites is 2. The summed E-state index contributed by atoms with van der Waals surface area (Å²) in [5.41, 5.74) is 14.4. The molecule has 12 aromatic rings. The van der Waals surface area contributed by atoms with Crippen molar-refractivity contribution in [2.45, 2.75) is 0 Å². The van der Waals surface area contributed by atoms with Gasteiger partial charge in [-0.2, -0.15) is 0 Å². The minimum atomic E-state index is 0.616. The van der Waals surface area contributed by atoms with Gasteiger partial charge in [-0.05, 0) is 76.9 Å². The average Bonchev–Trinajstić information content (AvgIpc) is 3.95. The Morgan fingerprint density at radius 3 is 1.88 bits per heavy atom. The number of rotatable bonds is 5. The molecule has 0 atom stereocenters. The van der Waals surface area contributed by atoms with Crippen molar-refractivity contribution in [1.82, 2.24) is 14.5 Å². The minimum Gasteiger partial charge on any atom is -0.456 e. The van der Waals surface area contributed by atoms with Gasteiger partial charge in [0.25, 0.3) is 0 Å². The number of fused-ring (bicyclic) bond motifs is 9. The molecule has 0 aliphatic rings. The lowest BCUT2D eigenvalue weighted by Gasteiger charge is -2.09. The Hall–Kier alpha value is -7.76. The highest BCUT2D eigenvalue weighted by Gasteiger charge is 2.22. The van der Waals surface area contributed by atoms with Gasteiger partial charge in [0.2, 0.25) is 0 Å². The average molecular weight is 730 g/mol. The SMILES string of the molecule is c1ccc(-c2ccc3oc4c(-c5ccccc5)nc(-c5cccc6oc7cc(-c8ccc9c%10ccccc%10n(-c%10ccccc%10)c9c8)ccc7c56)nc4c3c2)cc1. The molecule has 0 saturated heterocycles. The van der Waals surface area contributed by atoms with Gasteiger partial charge in [0.15, 0.2) is 11.4 Å². The molecule has 4 aromatic heterocycles. The van der Waals surface area contributed by atoms with Gasteiger partial charge in [0.05, 0.1) is 11.0 Å². The normalized spacial score (nSPS) is 11.9. The minimum absolute atomic E-state index is 0.616. The molecule has 0 saturated carbocycles. The summed E-state index contributed by atoms with van der Waals surface area (Å²) >= 11 is 0. The Morgan fingerprint density at radius 2 is 1.05 bits per heavy atom. The first-order valence-corrected chi connectivity index (χ1v) is 19.1. The highest BCUT2D eigenvalue weighted by Crippen LogP contribution is 2.42. The molecule has 0 N–H and O–H groups in total. The molecule has 4 heterocycles. The van der Waals surface area contributed by atoms with E-state index in [0.717, 1.165) is 88.7 Å². The van der Waals surface area contributed by atoms with Crippen LogP contribution in [0.25, 0.3) is 116 Å². The van der Waals surface area contributed by atoms with Gasteiger partial charge in [-0.3, -0.25) is 0 Å². The van der Waals surface area contributed by atoms with E-state index in [1.807, 2.05) is 42.5 Å². The second kappa shape index (κ2) is 12.4. The summed E-state index contributed by atoms with van der Waals surface area (Å²) in [7, 11) is 0. The van der Waals surface area contributed by atoms with E-state index in [1.54, 1.807) is 0 Å². The van der Waals surface area contributed by atoms with Crippen LogP contribution >= 0.6 is 0 Å². The van der Waals surface area contributed by atoms with E-state index < -0.39 is 0 Å². The molecule has 5 nitrogen and oxygen atoms in total. The monoisotopic (exact) mass is 729 g/mol. The lowest BCUT2D eigenvalue weighted by atomic mass is 10.00. The molecule has 0 bridgehead atoms. The van der Waals surface area contributed by atoms with Gasteiger partial charge < -0.3 is 13.4 Å². The predicted molar refractivity (Wildman–Crippen MR) is 233 cm³/mol. The molecular formula is C52H31N3O2. The molecule has 0 unspecified atom stereocenters. The molecular weight excluding hydrogens is 699 g/mol. The predicted octanol–water partition coefficient (Wildman–Crippen LogP) is 14.0. The molecule has 5 heteroatoms. The van der Waals surface area contributed by atoms with Crippen molar-refractivity contribution in [1.29, 1.82) is 0 Å². The van der Waals surface area contributed by atoms with Gasteiger partial charge >= 0.3 is 0 Å². The maximum absolute atomic E-state index is 6.65. The smallest absolute Gasteiger partial charge is 0.180 e. The first kappa shape index (κ1) is 31.6. The number of furan rings is 2. The highest BCUT2D eigenvalue weighted by molar-refractivity contribution is 6.15. The summed E-state index contributed by atoms with van der Waals surface area (Å²) in [6.07, 6.45) is 0. The van der Waals surface area contributed by atoms with Crippen LogP contribution in [0.5, 0.6) is 0 Å². The van der Waals surface area contributed by atoms with Crippen molar-refractivity contribution in [3.63, 3.8) is 0 Å². The van der Waals surface area contributed by atoms with Crippen molar-refractivity contribution in [3.05, 3.63) is 188 Å². The van der Waals surface area contributed by atoms with Crippen LogP contribution in [0.2, 0.25) is 0 Å². The van der Waals surface area contributed by atoms with E-state index in [4.69, 9.17) is 18.8 Å². The third kappa shape index (κ3) is 4.96. The largest absolute Gasteiger partial charge is 0.456 e. The number of nitrogens with zero attached hydrogens (tertiary/aromatic N) is 3. The zero-order valence-electron chi connectivity index (χ0n) is 30.6. The van der Waals surface area contributed by atoms with E-state index in [9.17, 15) is 0 Å². The summed E-state index contributed by atoms with van der Waals surface area (Å²) in [5, 5.41) is 5.40. The molecule has 0 aliphatic heterocycles. The van der Waals surface area contributed by atoms with Crippen LogP contribution in [0.3, 0.4) is 0 Å². The van der Waals surface area contributed by atoms with Crippen LogP contribution in [0.15, 0.2) is 197 Å². The first-order valence-electron chi connectivity index (χ1n) is 19.1. The Morgan fingerprint density at radius 1 is 0.386 bits per heavy atom. The van der Waals surface area contributed by atoms with Crippen LogP contribution < -0.4 is 0 Å². The fourth-order valence-electron chi connectivity index (χ4n) is 8.56. The van der Waals surface area contributed by atoms with Crippen molar-refractivity contribution >= 4 is 65.8 Å². The van der Waals surface area contributed by atoms with Crippen LogP contribution in [-0.2, 0) is 0 Å². The van der Waals surface area contributed by atoms with E-state index in [-0.39, 0.29) is 0 Å². The van der Waals surface area contributed by atoms with Crippen LogP contribution in [0, 0.1) is 0 Å². The van der Waals surface area contributed by atoms with Gasteiger partial charge in [0, 0.05) is 43.7 Å². The Labute approximate surface area is 326 Å². The summed E-state index contributed by atoms with van der Waals surface area (Å²) < 4.78 is 15.6. The van der Waals surface area contributed by atoms with E-state index in [0.29, 0.717) is 11.4 Å². The maximum Gasteiger partial charge on any atom is 0.180 e. The van der Waals surface area contributed by atoms with E-state index >= 15 is 0 Å². The first-order chi connectivity index (χ1) is 28.2. The van der Waals surface area contributed by atoms with E-state index in [1.165, 1.54) is 16.3 Å². The van der Waals surface area contributed by atoms with Crippen molar-refractivity contribution in [2.75, 3.05) is 0 Å². The lowest BCUT2D eigenvalue weighted by molar-refractivity contribution is 0.667. The van der Waals surface area contributed by atoms with Gasteiger partial charge in [-0.25, -0.2) is 9.97 Å². The second-order valence-corrected chi connectivity index (χ2v) is 14.5. The number of aromatic nitrogens is 3. The van der Waals surface area contributed by atoms with Gasteiger partial charge in [0.1, 0.15) is 28.0 Å². The van der Waals surface area contributed by atoms with Crippen LogP contribution in [0.1, 0.15) is 0 Å². The summed E-state index contributed by atoms with van der Waals surface area (Å²) in [6.45, 7) is 0. The van der Waals surface area contributed by atoms with Crippen LogP contribution in [0.4, 0.5) is 0 Å². The quantitative estimate of drug-likeness (QED) is 0.177. The number of benzene rings is 8. The Balaban J connectivity index is 1.04. The zero-order chi connectivity index (χ0) is 37.5. The summed E-state index contributed by atoms with van der Waals surface area (Å²) in [5.74, 6) is 0.616. The second-order valence-electron chi connectivity index (χ2n) is 14.5. The van der Waals surface area contributed by atoms with Gasteiger partial charge in [-0.1, -0.05) is 133 Å². The maximum atomic E-state index is 6.65. The number of hydrogen-bond donors (Lipinski definition) is 0. The fourth-order valence-corrected chi connectivity index (χ4v) is 8.56. The molecule has 266 valence electrons. The van der Waals surface area contributed by atoms with Crippen molar-refractivity contribution < 1.29 is 8.83 Å². The third-order valence-electron chi connectivity index (χ3n) is 11.2. The molecule has 0 radical (unpaired) electrons. The molecule has 8 aromatic carbocycles. The molecule has 0 aliphatic carbocycles. The third-order valence-corrected chi connectivity index (χ3v) is 11.2. The van der Waals surface area contributed by atoms with Crippen molar-refractivity contribution in [3.8, 4) is 50.6 Å². The molecule has 57 heavy (non-hydrogen) atoms. The highest BCUT2D eigenvalue weighted by atomic mass is 16.3. The zero-order valence-corrected chi connectivity index (χ0v) is 30.6. The van der Waals surface area contributed by atoms with Crippen molar-refractivity contribution in [2.24, 2.45) is 0 Å². The van der Waals surface area contributed by atoms with Gasteiger partial charge in [-0.15, -0.1) is 0 Å². The lowest BCUT2D eigenvalue weighted by Crippen LogP contribution is -1.94. The number of hydrogen-bond acceptors (Lipinski definition) is 4. The Bertz CT molecular complexity index is 3510. The van der Waals surface area contributed by atoms with Crippen LogP contribution in [-0.4, -0.2) is 14.5 Å². The fraction of sp³-hybridized carbons (Fsp3) is 0. The topological polar surface area (TPSA) is 57.0 Å². The molecule has 12 rings (SSSR count). The Kier molecular flexibility index (Phi) is 6.86. The van der Waals surface area contributed by atoms with E-state index in [2.05, 4.69) is 150 Å². The standard InChI is InChI=1S/C52H31N3O2/c1-4-13-32(14-5-1)34-25-28-45-42(29-34)50-51(57-45)49(33-15-6-2-7-16-33)53-52(54-50)41-20-12-22-46-48(41)40-27-24-36(31-47(40)56-46)35-23-26-39-38-19-10-11-21-43(38)55(44(39)30-35)37-17-8-3-9-18-37/h1-31H.